The van der Waals surface area contributed by atoms with Gasteiger partial charge in [-0.15, -0.1) is 0 Å². The molecule has 4 nitrogen and oxygen atoms in total. The fraction of sp³-hybridized carbons (Fsp3) is 0.267. The molecule has 0 fully saturated rings. The lowest BCUT2D eigenvalue weighted by atomic mass is 9.86. The van der Waals surface area contributed by atoms with Crippen LogP contribution >= 0.6 is 0 Å². The smallest absolute Gasteiger partial charge is 0.258 e. The van der Waals surface area contributed by atoms with E-state index in [0.29, 0.717) is 11.1 Å². The molecule has 3 aromatic carbocycles. The third-order valence-corrected chi connectivity index (χ3v) is 6.38. The molecule has 4 heteroatoms. The Labute approximate surface area is 201 Å². The third-order valence-electron chi connectivity index (χ3n) is 6.38. The molecule has 0 unspecified atom stereocenters. The molecule has 1 aromatic heterocycles. The fourth-order valence-corrected chi connectivity index (χ4v) is 4.36. The molecule has 0 aliphatic heterocycles. The van der Waals surface area contributed by atoms with Gasteiger partial charge in [-0.05, 0) is 72.5 Å². The Bertz CT molecular complexity index is 1420. The zero-order valence-corrected chi connectivity index (χ0v) is 20.8. The average Bonchev–Trinajstić information content (AvgIpc) is 2.78. The molecule has 0 saturated heterocycles. The van der Waals surface area contributed by atoms with Crippen molar-refractivity contribution in [2.45, 2.75) is 53.5 Å². The number of carbonyl (C=O) groups excluding carboxylic acids is 1. The highest BCUT2D eigenvalue weighted by Gasteiger charge is 2.22. The first-order valence-electron chi connectivity index (χ1n) is 11.7. The van der Waals surface area contributed by atoms with Crippen molar-refractivity contribution in [1.82, 2.24) is 4.98 Å². The minimum atomic E-state index is -0.174. The molecule has 34 heavy (non-hydrogen) atoms. The number of aromatic nitrogens is 1. The summed E-state index contributed by atoms with van der Waals surface area (Å²) in [6.07, 6.45) is 0. The van der Waals surface area contributed by atoms with E-state index in [1.54, 1.807) is 4.90 Å². The molecule has 0 radical (unpaired) electrons. The summed E-state index contributed by atoms with van der Waals surface area (Å²) in [6, 6.07) is 21.6. The number of pyridine rings is 1. The number of carbonyl (C=O) groups is 1. The van der Waals surface area contributed by atoms with Crippen molar-refractivity contribution < 1.29 is 4.79 Å². The Hall–Kier alpha value is -3.66. The van der Waals surface area contributed by atoms with Crippen molar-refractivity contribution >= 4 is 22.5 Å². The molecule has 0 atom stereocenters. The number of nitrogens with zero attached hydrogens (tertiary/aromatic N) is 1. The maximum atomic E-state index is 13.8. The lowest BCUT2D eigenvalue weighted by Crippen LogP contribution is -2.33. The maximum absolute atomic E-state index is 13.8. The van der Waals surface area contributed by atoms with Crippen molar-refractivity contribution in [1.29, 1.82) is 0 Å². The molecular formula is C30H32N2O2. The predicted octanol–water partition coefficient (Wildman–Crippen LogP) is 6.60. The van der Waals surface area contributed by atoms with Gasteiger partial charge in [-0.25, -0.2) is 0 Å². The van der Waals surface area contributed by atoms with Crippen LogP contribution in [0.5, 0.6) is 0 Å². The van der Waals surface area contributed by atoms with E-state index in [9.17, 15) is 9.59 Å². The molecule has 1 N–H and O–H groups in total. The van der Waals surface area contributed by atoms with Gasteiger partial charge in [0.1, 0.15) is 0 Å². The Morgan fingerprint density at radius 3 is 2.24 bits per heavy atom. The quantitative estimate of drug-likeness (QED) is 0.379. The van der Waals surface area contributed by atoms with E-state index in [0.717, 1.165) is 33.3 Å². The van der Waals surface area contributed by atoms with Crippen molar-refractivity contribution in [3.63, 3.8) is 0 Å². The molecule has 4 rings (SSSR count). The van der Waals surface area contributed by atoms with Crippen molar-refractivity contribution in [2.24, 2.45) is 0 Å². The zero-order valence-electron chi connectivity index (χ0n) is 20.8. The van der Waals surface area contributed by atoms with E-state index in [1.165, 1.54) is 5.56 Å². The van der Waals surface area contributed by atoms with E-state index >= 15 is 0 Å². The highest BCUT2D eigenvalue weighted by Crippen LogP contribution is 2.27. The Kier molecular flexibility index (Phi) is 6.18. The van der Waals surface area contributed by atoms with Crippen LogP contribution in [-0.2, 0) is 12.0 Å². The number of aryl methyl sites for hydroxylation is 3. The van der Waals surface area contributed by atoms with Gasteiger partial charge in [0.15, 0.2) is 0 Å². The van der Waals surface area contributed by atoms with Crippen LogP contribution in [0, 0.1) is 20.8 Å². The molecule has 0 saturated carbocycles. The van der Waals surface area contributed by atoms with Gasteiger partial charge in [0.05, 0.1) is 12.1 Å². The lowest BCUT2D eigenvalue weighted by Gasteiger charge is -2.26. The molecule has 0 aliphatic rings. The number of aromatic amines is 1. The number of anilines is 1. The second kappa shape index (κ2) is 8.94. The van der Waals surface area contributed by atoms with Gasteiger partial charge in [0.2, 0.25) is 0 Å². The number of nitrogens with one attached hydrogen (secondary N) is 1. The standard InChI is InChI=1S/C30H32N2O2/c1-19-10-15-26(21(3)16-19)32(29(34)22-11-13-25(14-12-22)30(4,5)6)18-24-17-23-9-7-8-20(2)27(23)31-28(24)33/h7-17H,18H2,1-6H3,(H,31,33). The van der Waals surface area contributed by atoms with Crippen LogP contribution in [0.3, 0.4) is 0 Å². The Morgan fingerprint density at radius 2 is 1.59 bits per heavy atom. The molecular weight excluding hydrogens is 420 g/mol. The van der Waals surface area contributed by atoms with Crippen molar-refractivity contribution in [2.75, 3.05) is 4.90 Å². The Balaban J connectivity index is 1.79. The van der Waals surface area contributed by atoms with Crippen LogP contribution in [0.1, 0.15) is 58.9 Å². The number of hydrogen-bond donors (Lipinski definition) is 1. The van der Waals surface area contributed by atoms with Gasteiger partial charge in [-0.3, -0.25) is 9.59 Å². The summed E-state index contributed by atoms with van der Waals surface area (Å²) in [7, 11) is 0. The largest absolute Gasteiger partial charge is 0.321 e. The zero-order chi connectivity index (χ0) is 24.6. The van der Waals surface area contributed by atoms with Gasteiger partial charge >= 0.3 is 0 Å². The van der Waals surface area contributed by atoms with E-state index < -0.39 is 0 Å². The van der Waals surface area contributed by atoms with Crippen LogP contribution < -0.4 is 10.5 Å². The predicted molar refractivity (Wildman–Crippen MR) is 141 cm³/mol. The van der Waals surface area contributed by atoms with Gasteiger partial charge in [-0.2, -0.15) is 0 Å². The van der Waals surface area contributed by atoms with E-state index in [1.807, 2.05) is 81.4 Å². The maximum Gasteiger partial charge on any atom is 0.258 e. The number of H-pyrrole nitrogens is 1. The summed E-state index contributed by atoms with van der Waals surface area (Å²) in [4.78, 5) is 31.5. The van der Waals surface area contributed by atoms with E-state index in [4.69, 9.17) is 0 Å². The fourth-order valence-electron chi connectivity index (χ4n) is 4.36. The number of para-hydroxylation sites is 1. The van der Waals surface area contributed by atoms with Gasteiger partial charge in [0, 0.05) is 16.8 Å². The monoisotopic (exact) mass is 452 g/mol. The average molecular weight is 453 g/mol. The molecule has 4 aromatic rings. The Morgan fingerprint density at radius 1 is 0.882 bits per heavy atom. The van der Waals surface area contributed by atoms with Crippen LogP contribution in [0.25, 0.3) is 10.9 Å². The molecule has 174 valence electrons. The summed E-state index contributed by atoms with van der Waals surface area (Å²) < 4.78 is 0. The lowest BCUT2D eigenvalue weighted by molar-refractivity contribution is 0.0985. The first-order chi connectivity index (χ1) is 16.0. The minimum absolute atomic E-state index is 0.00529. The van der Waals surface area contributed by atoms with E-state index in [-0.39, 0.29) is 23.4 Å². The number of rotatable bonds is 4. The van der Waals surface area contributed by atoms with Crippen molar-refractivity contribution in [3.8, 4) is 0 Å². The molecule has 0 aliphatic carbocycles. The second-order valence-corrected chi connectivity index (χ2v) is 10.2. The SMILES string of the molecule is Cc1ccc(N(Cc2cc3cccc(C)c3[nH]c2=O)C(=O)c2ccc(C(C)(C)C)cc2)c(C)c1. The minimum Gasteiger partial charge on any atom is -0.321 e. The highest BCUT2D eigenvalue weighted by molar-refractivity contribution is 6.06. The van der Waals surface area contributed by atoms with Crippen molar-refractivity contribution in [3.05, 3.63) is 110 Å². The van der Waals surface area contributed by atoms with Crippen LogP contribution in [0.2, 0.25) is 0 Å². The highest BCUT2D eigenvalue weighted by atomic mass is 16.2. The number of hydrogen-bond acceptors (Lipinski definition) is 2. The first kappa shape index (κ1) is 23.5. The summed E-state index contributed by atoms with van der Waals surface area (Å²) in [5.41, 5.74) is 6.93. The normalized spacial score (nSPS) is 11.6. The number of fused-ring (bicyclic) bond motifs is 1. The van der Waals surface area contributed by atoms with Gasteiger partial charge < -0.3 is 9.88 Å². The first-order valence-corrected chi connectivity index (χ1v) is 11.7. The third kappa shape index (κ3) is 4.67. The summed E-state index contributed by atoms with van der Waals surface area (Å²) in [6.45, 7) is 12.6. The second-order valence-electron chi connectivity index (χ2n) is 10.2. The topological polar surface area (TPSA) is 53.2 Å². The van der Waals surface area contributed by atoms with E-state index in [2.05, 4.69) is 31.8 Å². The summed E-state index contributed by atoms with van der Waals surface area (Å²) in [5, 5.41) is 0.956. The molecule has 0 spiro atoms. The summed E-state index contributed by atoms with van der Waals surface area (Å²) >= 11 is 0. The summed E-state index contributed by atoms with van der Waals surface area (Å²) in [5.74, 6) is -0.129. The number of benzene rings is 3. The molecule has 1 amide bonds. The van der Waals surface area contributed by atoms with Crippen LogP contribution in [0.4, 0.5) is 5.69 Å². The van der Waals surface area contributed by atoms with Gasteiger partial charge in [0.25, 0.3) is 11.5 Å². The van der Waals surface area contributed by atoms with Gasteiger partial charge in [-0.1, -0.05) is 68.8 Å². The van der Waals surface area contributed by atoms with Crippen LogP contribution in [-0.4, -0.2) is 10.9 Å². The van der Waals surface area contributed by atoms with Crippen LogP contribution in [0.15, 0.2) is 71.5 Å². The number of amides is 1. The molecule has 0 bridgehead atoms. The molecule has 1 heterocycles.